The lowest BCUT2D eigenvalue weighted by atomic mass is 10.2. The van der Waals surface area contributed by atoms with Crippen LogP contribution in [0.1, 0.15) is 43.3 Å². The Hall–Kier alpha value is -2.41. The van der Waals surface area contributed by atoms with Gasteiger partial charge in [0.25, 0.3) is 5.69 Å². The molecule has 0 atom stereocenters. The number of hydrogen-bond donors (Lipinski definition) is 0. The van der Waals surface area contributed by atoms with Gasteiger partial charge in [-0.15, -0.1) is 0 Å². The summed E-state index contributed by atoms with van der Waals surface area (Å²) < 4.78 is 6.58. The highest BCUT2D eigenvalue weighted by Gasteiger charge is 2.17. The van der Waals surface area contributed by atoms with Crippen molar-refractivity contribution >= 4 is 23.3 Å². The molecule has 0 spiro atoms. The Morgan fingerprint density at radius 2 is 2.00 bits per heavy atom. The first-order chi connectivity index (χ1) is 12.5. The summed E-state index contributed by atoms with van der Waals surface area (Å²) in [6, 6.07) is 6.38. The third kappa shape index (κ3) is 5.05. The summed E-state index contributed by atoms with van der Waals surface area (Å²) in [5.74, 6) is 0.552. The van der Waals surface area contributed by atoms with E-state index in [0.29, 0.717) is 23.8 Å². The van der Waals surface area contributed by atoms with Gasteiger partial charge in [0, 0.05) is 25.0 Å². The molecule has 0 saturated carbocycles. The van der Waals surface area contributed by atoms with Gasteiger partial charge in [-0.1, -0.05) is 37.1 Å². The number of rotatable bonds is 9. The molecule has 0 aliphatic heterocycles. The summed E-state index contributed by atoms with van der Waals surface area (Å²) in [6.07, 6.45) is 3.42. The Kier molecular flexibility index (Phi) is 7.15. The van der Waals surface area contributed by atoms with Crippen molar-refractivity contribution < 1.29 is 14.5 Å². The van der Waals surface area contributed by atoms with Crippen LogP contribution in [-0.2, 0) is 28.9 Å². The van der Waals surface area contributed by atoms with E-state index >= 15 is 0 Å². The quantitative estimate of drug-likeness (QED) is 0.374. The number of carbonyl (C=O) groups is 1. The molecule has 1 heterocycles. The van der Waals surface area contributed by atoms with Gasteiger partial charge in [0.15, 0.2) is 0 Å². The van der Waals surface area contributed by atoms with E-state index in [-0.39, 0.29) is 18.1 Å². The van der Waals surface area contributed by atoms with Gasteiger partial charge in [0.1, 0.15) is 11.0 Å². The smallest absolute Gasteiger partial charge is 0.305 e. The maximum atomic E-state index is 11.4. The van der Waals surface area contributed by atoms with Crippen LogP contribution in [0.2, 0.25) is 5.15 Å². The molecule has 26 heavy (non-hydrogen) atoms. The largest absolute Gasteiger partial charge is 0.469 e. The third-order valence-corrected chi connectivity index (χ3v) is 4.51. The van der Waals surface area contributed by atoms with Crippen molar-refractivity contribution in [1.82, 2.24) is 9.55 Å². The molecule has 0 bridgehead atoms. The number of aryl methyl sites for hydroxylation is 2. The van der Waals surface area contributed by atoms with Crippen LogP contribution in [0.3, 0.4) is 0 Å². The van der Waals surface area contributed by atoms with E-state index in [0.717, 1.165) is 30.7 Å². The van der Waals surface area contributed by atoms with Crippen LogP contribution in [0.25, 0.3) is 0 Å². The molecule has 2 rings (SSSR count). The van der Waals surface area contributed by atoms with E-state index in [1.165, 1.54) is 19.2 Å². The van der Waals surface area contributed by atoms with Crippen LogP contribution >= 0.6 is 11.6 Å². The van der Waals surface area contributed by atoms with Crippen LogP contribution < -0.4 is 0 Å². The molecule has 7 nitrogen and oxygen atoms in total. The molecule has 0 unspecified atom stereocenters. The van der Waals surface area contributed by atoms with Crippen molar-refractivity contribution in [3.05, 3.63) is 56.6 Å². The van der Waals surface area contributed by atoms with Gasteiger partial charge < -0.3 is 9.30 Å². The summed E-state index contributed by atoms with van der Waals surface area (Å²) in [6.45, 7) is 2.57. The van der Waals surface area contributed by atoms with Crippen molar-refractivity contribution in [3.63, 3.8) is 0 Å². The molecule has 1 aromatic carbocycles. The zero-order valence-electron chi connectivity index (χ0n) is 14.9. The molecular formula is C18H22ClN3O4. The van der Waals surface area contributed by atoms with E-state index < -0.39 is 4.92 Å². The Bertz CT molecular complexity index is 771. The minimum Gasteiger partial charge on any atom is -0.469 e. The number of imidazole rings is 1. The average molecular weight is 380 g/mol. The highest BCUT2D eigenvalue weighted by Crippen LogP contribution is 2.23. The predicted molar refractivity (Wildman–Crippen MR) is 98.4 cm³/mol. The first-order valence-electron chi connectivity index (χ1n) is 8.50. The number of ether oxygens (including phenoxy) is 1. The molecule has 0 fully saturated rings. The first kappa shape index (κ1) is 19.9. The lowest BCUT2D eigenvalue weighted by Crippen LogP contribution is -2.06. The maximum Gasteiger partial charge on any atom is 0.305 e. The van der Waals surface area contributed by atoms with Crippen molar-refractivity contribution in [2.24, 2.45) is 0 Å². The number of nitro groups is 1. The number of carbonyl (C=O) groups excluding carboxylic acids is 1. The number of aromatic nitrogens is 2. The normalized spacial score (nSPS) is 10.7. The average Bonchev–Trinajstić information content (AvgIpc) is 2.93. The monoisotopic (exact) mass is 379 g/mol. The number of esters is 1. The van der Waals surface area contributed by atoms with Crippen LogP contribution in [0.15, 0.2) is 24.3 Å². The summed E-state index contributed by atoms with van der Waals surface area (Å²) in [5.41, 5.74) is 1.62. The van der Waals surface area contributed by atoms with E-state index in [1.54, 1.807) is 12.1 Å². The lowest BCUT2D eigenvalue weighted by Gasteiger charge is -2.09. The minimum atomic E-state index is -0.425. The zero-order chi connectivity index (χ0) is 19.1. The van der Waals surface area contributed by atoms with E-state index in [9.17, 15) is 14.9 Å². The van der Waals surface area contributed by atoms with Gasteiger partial charge in [-0.05, 0) is 12.0 Å². The molecule has 2 aromatic rings. The fraction of sp³-hybridized carbons (Fsp3) is 0.444. The lowest BCUT2D eigenvalue weighted by molar-refractivity contribution is -0.384. The fourth-order valence-electron chi connectivity index (χ4n) is 2.61. The van der Waals surface area contributed by atoms with E-state index in [2.05, 4.69) is 16.6 Å². The number of halogens is 1. The predicted octanol–water partition coefficient (Wildman–Crippen LogP) is 3.94. The molecule has 0 N–H and O–H groups in total. The second-order valence-electron chi connectivity index (χ2n) is 5.95. The van der Waals surface area contributed by atoms with Gasteiger partial charge in [-0.25, -0.2) is 4.98 Å². The summed E-state index contributed by atoms with van der Waals surface area (Å²) in [5, 5.41) is 11.3. The number of nitro benzene ring substituents is 1. The number of non-ortho nitro benzene ring substituents is 1. The summed E-state index contributed by atoms with van der Waals surface area (Å²) in [4.78, 5) is 26.4. The minimum absolute atomic E-state index is 0.0513. The van der Waals surface area contributed by atoms with Crippen molar-refractivity contribution in [2.45, 2.75) is 45.6 Å². The molecule has 0 radical (unpaired) electrons. The van der Waals surface area contributed by atoms with Crippen LogP contribution in [0.5, 0.6) is 0 Å². The standard InChI is InChI=1S/C18H22ClN3O4/c1-3-4-5-16-20-15(10-11-17(23)26-2)18(19)21(16)12-13-6-8-14(9-7-13)22(24)25/h6-9H,3-5,10-12H2,1-2H3. The molecule has 1 aromatic heterocycles. The highest BCUT2D eigenvalue weighted by atomic mass is 35.5. The van der Waals surface area contributed by atoms with Crippen molar-refractivity contribution in [2.75, 3.05) is 7.11 Å². The number of hydrogen-bond acceptors (Lipinski definition) is 5. The highest BCUT2D eigenvalue weighted by molar-refractivity contribution is 6.30. The second kappa shape index (κ2) is 9.33. The number of unbranched alkanes of at least 4 members (excludes halogenated alkanes) is 1. The number of methoxy groups -OCH3 is 1. The molecule has 140 valence electrons. The molecule has 8 heteroatoms. The van der Waals surface area contributed by atoms with Crippen molar-refractivity contribution in [1.29, 1.82) is 0 Å². The maximum absolute atomic E-state index is 11.4. The summed E-state index contributed by atoms with van der Waals surface area (Å²) >= 11 is 6.51. The molecule has 0 aliphatic carbocycles. The van der Waals surface area contributed by atoms with Gasteiger partial charge in [-0.2, -0.15) is 0 Å². The SMILES string of the molecule is CCCCc1nc(CCC(=O)OC)c(Cl)n1Cc1ccc([N+](=O)[O-])cc1. The van der Waals surface area contributed by atoms with E-state index in [4.69, 9.17) is 11.6 Å². The Balaban J connectivity index is 2.24. The molecule has 0 amide bonds. The second-order valence-corrected chi connectivity index (χ2v) is 6.31. The van der Waals surface area contributed by atoms with Crippen LogP contribution in [-0.4, -0.2) is 27.6 Å². The summed E-state index contributed by atoms with van der Waals surface area (Å²) in [7, 11) is 1.35. The topological polar surface area (TPSA) is 87.3 Å². The van der Waals surface area contributed by atoms with Crippen LogP contribution in [0.4, 0.5) is 5.69 Å². The molecule has 0 aliphatic rings. The number of nitrogens with zero attached hydrogens (tertiary/aromatic N) is 3. The zero-order valence-corrected chi connectivity index (χ0v) is 15.7. The van der Waals surface area contributed by atoms with Crippen molar-refractivity contribution in [3.8, 4) is 0 Å². The Morgan fingerprint density at radius 1 is 1.31 bits per heavy atom. The molecular weight excluding hydrogens is 358 g/mol. The van der Waals surface area contributed by atoms with Gasteiger partial charge >= 0.3 is 5.97 Å². The molecule has 0 saturated heterocycles. The van der Waals surface area contributed by atoms with Gasteiger partial charge in [-0.3, -0.25) is 14.9 Å². The first-order valence-corrected chi connectivity index (χ1v) is 8.88. The van der Waals surface area contributed by atoms with Gasteiger partial charge in [0.2, 0.25) is 0 Å². The Morgan fingerprint density at radius 3 is 2.58 bits per heavy atom. The van der Waals surface area contributed by atoms with Crippen LogP contribution in [0, 0.1) is 10.1 Å². The third-order valence-electron chi connectivity index (χ3n) is 4.09. The van der Waals surface area contributed by atoms with Gasteiger partial charge in [0.05, 0.1) is 30.7 Å². The number of benzene rings is 1. The van der Waals surface area contributed by atoms with E-state index in [1.807, 2.05) is 4.57 Å². The fourth-order valence-corrected chi connectivity index (χ4v) is 2.90. The Labute approximate surface area is 157 Å².